The third-order valence-corrected chi connectivity index (χ3v) is 13.0. The molecular formula is C61H41N7. The number of rotatable bonds is 8. The molecular weight excluding hydrogens is 831 g/mol. The number of nitrogens with one attached hydrogen (secondary N) is 1. The normalized spacial score (nSPS) is 13.7. The summed E-state index contributed by atoms with van der Waals surface area (Å²) in [5, 5.41) is 8.27. The Labute approximate surface area is 392 Å². The highest BCUT2D eigenvalue weighted by Gasteiger charge is 2.25. The molecule has 0 saturated carbocycles. The van der Waals surface area contributed by atoms with Gasteiger partial charge in [0.15, 0.2) is 11.6 Å². The third kappa shape index (κ3) is 6.76. The molecule has 13 rings (SSSR count). The first kappa shape index (κ1) is 39.2. The van der Waals surface area contributed by atoms with Crippen molar-refractivity contribution in [3.05, 3.63) is 253 Å². The van der Waals surface area contributed by atoms with Gasteiger partial charge >= 0.3 is 0 Å². The number of aliphatic imine (C=N–C) groups is 1. The van der Waals surface area contributed by atoms with Crippen molar-refractivity contribution >= 4 is 55.1 Å². The minimum Gasteiger partial charge on any atom is -0.359 e. The highest BCUT2D eigenvalue weighted by molar-refractivity contribution is 6.23. The van der Waals surface area contributed by atoms with Crippen LogP contribution in [0.15, 0.2) is 242 Å². The molecule has 1 unspecified atom stereocenters. The molecule has 0 bridgehead atoms. The van der Waals surface area contributed by atoms with E-state index in [4.69, 9.17) is 19.9 Å². The summed E-state index contributed by atoms with van der Waals surface area (Å²) >= 11 is 0. The fraction of sp³-hybridized carbons (Fsp3) is 0.0164. The molecule has 0 fully saturated rings. The van der Waals surface area contributed by atoms with E-state index < -0.39 is 0 Å². The van der Waals surface area contributed by atoms with Gasteiger partial charge in [-0.2, -0.15) is 9.97 Å². The third-order valence-electron chi connectivity index (χ3n) is 13.0. The predicted octanol–water partition coefficient (Wildman–Crippen LogP) is 14.2. The molecule has 7 heteroatoms. The van der Waals surface area contributed by atoms with E-state index in [-0.39, 0.29) is 6.04 Å². The number of aromatic nitrogens is 5. The zero-order chi connectivity index (χ0) is 45.0. The number of hydrogen-bond acceptors (Lipinski definition) is 5. The molecule has 0 spiro atoms. The van der Waals surface area contributed by atoms with Crippen LogP contribution in [0.2, 0.25) is 0 Å². The molecule has 12 aromatic rings. The Balaban J connectivity index is 1.01. The summed E-state index contributed by atoms with van der Waals surface area (Å²) < 4.78 is 4.66. The van der Waals surface area contributed by atoms with Gasteiger partial charge in [0.25, 0.3) is 0 Å². The van der Waals surface area contributed by atoms with E-state index in [1.54, 1.807) is 0 Å². The van der Waals surface area contributed by atoms with Gasteiger partial charge in [-0.15, -0.1) is 0 Å². The lowest BCUT2D eigenvalue weighted by atomic mass is 10.00. The number of benzene rings is 9. The average molecular weight is 872 g/mol. The molecule has 68 heavy (non-hydrogen) atoms. The second-order valence-electron chi connectivity index (χ2n) is 17.1. The van der Waals surface area contributed by atoms with Crippen LogP contribution in [-0.2, 0) is 0 Å². The molecule has 0 aliphatic carbocycles. The van der Waals surface area contributed by atoms with Crippen molar-refractivity contribution in [2.45, 2.75) is 6.04 Å². The predicted molar refractivity (Wildman–Crippen MR) is 278 cm³/mol. The van der Waals surface area contributed by atoms with Gasteiger partial charge < -0.3 is 9.88 Å². The van der Waals surface area contributed by atoms with E-state index >= 15 is 0 Å². The Bertz CT molecular complexity index is 3910. The second-order valence-corrected chi connectivity index (χ2v) is 17.1. The molecule has 1 N–H and O–H groups in total. The summed E-state index contributed by atoms with van der Waals surface area (Å²) in [4.78, 5) is 21.1. The van der Waals surface area contributed by atoms with Gasteiger partial charge in [-0.25, -0.2) is 9.98 Å². The van der Waals surface area contributed by atoms with Crippen molar-refractivity contribution in [3.63, 3.8) is 0 Å². The van der Waals surface area contributed by atoms with E-state index in [1.165, 1.54) is 16.5 Å². The molecule has 0 radical (unpaired) electrons. The van der Waals surface area contributed by atoms with Crippen molar-refractivity contribution < 1.29 is 0 Å². The van der Waals surface area contributed by atoms with Crippen LogP contribution >= 0.6 is 0 Å². The quantitative estimate of drug-likeness (QED) is 0.165. The maximum Gasteiger partial charge on any atom is 0.238 e. The van der Waals surface area contributed by atoms with Gasteiger partial charge in [-0.3, -0.25) is 4.57 Å². The average Bonchev–Trinajstić information content (AvgIpc) is 3.95. The van der Waals surface area contributed by atoms with E-state index in [0.29, 0.717) is 17.6 Å². The van der Waals surface area contributed by atoms with Crippen LogP contribution in [0, 0.1) is 0 Å². The topological polar surface area (TPSA) is 72.9 Å². The number of para-hydroxylation sites is 2. The zero-order valence-electron chi connectivity index (χ0n) is 36.8. The van der Waals surface area contributed by atoms with E-state index in [2.05, 4.69) is 221 Å². The maximum absolute atomic E-state index is 5.41. The lowest BCUT2D eigenvalue weighted by molar-refractivity contribution is 0.781. The summed E-state index contributed by atoms with van der Waals surface area (Å²) in [6.07, 6.45) is 2.20. The van der Waals surface area contributed by atoms with Gasteiger partial charge in [-0.05, 0) is 52.6 Å². The number of nitrogens with zero attached hydrogens (tertiary/aromatic N) is 6. The van der Waals surface area contributed by atoms with Crippen molar-refractivity contribution in [3.8, 4) is 45.5 Å². The Morgan fingerprint density at radius 1 is 0.368 bits per heavy atom. The number of hydrogen-bond donors (Lipinski definition) is 1. The molecule has 320 valence electrons. The van der Waals surface area contributed by atoms with Gasteiger partial charge in [0.2, 0.25) is 5.95 Å². The highest BCUT2D eigenvalue weighted by Crippen LogP contribution is 2.42. The van der Waals surface area contributed by atoms with Crippen LogP contribution in [0.1, 0.15) is 22.7 Å². The molecule has 4 heterocycles. The summed E-state index contributed by atoms with van der Waals surface area (Å²) in [5.41, 5.74) is 13.5. The minimum absolute atomic E-state index is 0.0534. The Kier molecular flexibility index (Phi) is 9.42. The molecule has 0 amide bonds. The first-order chi connectivity index (χ1) is 33.7. The maximum atomic E-state index is 5.41. The Hall–Kier alpha value is -9.20. The molecule has 3 aromatic heterocycles. The first-order valence-electron chi connectivity index (χ1n) is 22.9. The SMILES string of the molecule is C1=C(c2ccccc2)N=C(c2ccc(-c3nc(-c4ccccc4)nc(-n4c5ccccc5c5ccc6c7ccccc7n(-c7cccc(-c8ccccc8)c7)c6c54)n3)cc2)NC1c1ccccc1. The first-order valence-corrected chi connectivity index (χ1v) is 22.9. The molecule has 0 saturated heterocycles. The van der Waals surface area contributed by atoms with Gasteiger partial charge in [0.1, 0.15) is 5.84 Å². The van der Waals surface area contributed by atoms with Crippen molar-refractivity contribution in [1.82, 2.24) is 29.4 Å². The highest BCUT2D eigenvalue weighted by atomic mass is 15.2. The van der Waals surface area contributed by atoms with Gasteiger partial charge in [0.05, 0.1) is 33.8 Å². The van der Waals surface area contributed by atoms with E-state index in [1.807, 2.05) is 30.3 Å². The molecule has 1 aliphatic rings. The van der Waals surface area contributed by atoms with Crippen LogP contribution in [0.4, 0.5) is 0 Å². The number of fused-ring (bicyclic) bond motifs is 7. The summed E-state index contributed by atoms with van der Waals surface area (Å²) in [6.45, 7) is 0. The molecule has 1 aliphatic heterocycles. The smallest absolute Gasteiger partial charge is 0.238 e. The van der Waals surface area contributed by atoms with Crippen molar-refractivity contribution in [2.24, 2.45) is 4.99 Å². The second kappa shape index (κ2) is 16.3. The van der Waals surface area contributed by atoms with Crippen LogP contribution < -0.4 is 5.32 Å². The lowest BCUT2D eigenvalue weighted by Crippen LogP contribution is -2.31. The largest absolute Gasteiger partial charge is 0.359 e. The standard InChI is InChI=1S/C61H41N7/c1-5-18-40(19-6-1)46-26-17-27-47(38-46)67-54-30-15-13-28-48(54)50-36-37-51-49-29-14-16-31-55(49)68(57(51)56(50)67)61-65-59(43-24-11-4-12-25-43)64-60(66-61)45-34-32-44(33-35-45)58-62-52(41-20-7-2-8-21-41)39-53(63-58)42-22-9-3-10-23-42/h1-39,52H,(H,62,63). The van der Waals surface area contributed by atoms with Crippen molar-refractivity contribution in [1.29, 1.82) is 0 Å². The zero-order valence-corrected chi connectivity index (χ0v) is 36.8. The Morgan fingerprint density at radius 3 is 1.51 bits per heavy atom. The fourth-order valence-electron chi connectivity index (χ4n) is 9.81. The molecule has 1 atom stereocenters. The Morgan fingerprint density at radius 2 is 0.868 bits per heavy atom. The van der Waals surface area contributed by atoms with Crippen LogP contribution in [0.3, 0.4) is 0 Å². The van der Waals surface area contributed by atoms with Crippen LogP contribution in [-0.4, -0.2) is 29.9 Å². The fourth-order valence-corrected chi connectivity index (χ4v) is 9.81. The van der Waals surface area contributed by atoms with Gasteiger partial charge in [-0.1, -0.05) is 206 Å². The van der Waals surface area contributed by atoms with E-state index in [9.17, 15) is 0 Å². The summed E-state index contributed by atoms with van der Waals surface area (Å²) in [6, 6.07) is 80.6. The number of amidine groups is 1. The monoisotopic (exact) mass is 871 g/mol. The lowest BCUT2D eigenvalue weighted by Gasteiger charge is -2.24. The van der Waals surface area contributed by atoms with Gasteiger partial charge in [0, 0.05) is 43.9 Å². The van der Waals surface area contributed by atoms with Crippen LogP contribution in [0.5, 0.6) is 0 Å². The minimum atomic E-state index is -0.0534. The molecule has 9 aromatic carbocycles. The van der Waals surface area contributed by atoms with Crippen molar-refractivity contribution in [2.75, 3.05) is 0 Å². The summed E-state index contributed by atoms with van der Waals surface area (Å²) in [7, 11) is 0. The van der Waals surface area contributed by atoms with Crippen LogP contribution in [0.25, 0.3) is 94.8 Å². The van der Waals surface area contributed by atoms with E-state index in [0.717, 1.165) is 83.3 Å². The summed E-state index contributed by atoms with van der Waals surface area (Å²) in [5.74, 6) is 2.49. The molecule has 7 nitrogen and oxygen atoms in total.